The molecule has 26 heavy (non-hydrogen) atoms. The summed E-state index contributed by atoms with van der Waals surface area (Å²) in [5, 5.41) is 2.65. The maximum absolute atomic E-state index is 13.5. The van der Waals surface area contributed by atoms with E-state index in [0.717, 1.165) is 16.6 Å². The molecule has 2 aromatic rings. The summed E-state index contributed by atoms with van der Waals surface area (Å²) in [6, 6.07) is 11.7. The fraction of sp³-hybridized carbons (Fsp3) is 0.176. The van der Waals surface area contributed by atoms with E-state index in [1.54, 1.807) is 24.3 Å². The molecule has 0 saturated carbocycles. The van der Waals surface area contributed by atoms with Gasteiger partial charge in [0.1, 0.15) is 18.9 Å². The Balaban J connectivity index is 1.93. The summed E-state index contributed by atoms with van der Waals surface area (Å²) in [6.07, 6.45) is 0.933. The second kappa shape index (κ2) is 6.75. The number of anilines is 3. The van der Waals surface area contributed by atoms with Gasteiger partial charge in [-0.3, -0.25) is 18.8 Å². The third kappa shape index (κ3) is 3.67. The molecule has 0 atom stereocenters. The molecule has 7 nitrogen and oxygen atoms in total. The van der Waals surface area contributed by atoms with Crippen LogP contribution in [0.25, 0.3) is 0 Å². The van der Waals surface area contributed by atoms with Crippen LogP contribution in [0.15, 0.2) is 48.5 Å². The Morgan fingerprint density at radius 3 is 2.65 bits per heavy atom. The molecule has 0 bridgehead atoms. The van der Waals surface area contributed by atoms with Crippen molar-refractivity contribution >= 4 is 38.9 Å². The summed E-state index contributed by atoms with van der Waals surface area (Å²) in [6.45, 7) is -0.777. The minimum atomic E-state index is -3.84. The molecule has 0 radical (unpaired) electrons. The zero-order valence-corrected chi connectivity index (χ0v) is 14.7. The van der Waals surface area contributed by atoms with Gasteiger partial charge in [-0.1, -0.05) is 18.2 Å². The lowest BCUT2D eigenvalue weighted by molar-refractivity contribution is -0.121. The van der Waals surface area contributed by atoms with Crippen LogP contribution in [0.2, 0.25) is 0 Å². The molecule has 1 aliphatic rings. The molecular weight excluding hydrogens is 361 g/mol. The first-order chi connectivity index (χ1) is 12.3. The summed E-state index contributed by atoms with van der Waals surface area (Å²) in [5.74, 6) is -1.60. The summed E-state index contributed by atoms with van der Waals surface area (Å²) < 4.78 is 38.5. The van der Waals surface area contributed by atoms with Gasteiger partial charge in [0.2, 0.25) is 21.8 Å². The average Bonchev–Trinajstić information content (AvgIpc) is 2.57. The van der Waals surface area contributed by atoms with Crippen molar-refractivity contribution in [3.63, 3.8) is 0 Å². The maximum atomic E-state index is 13.5. The minimum absolute atomic E-state index is 0.0376. The van der Waals surface area contributed by atoms with Gasteiger partial charge >= 0.3 is 0 Å². The molecule has 0 spiro atoms. The molecule has 2 aromatic carbocycles. The Morgan fingerprint density at radius 2 is 1.96 bits per heavy atom. The van der Waals surface area contributed by atoms with Crippen LogP contribution in [-0.2, 0) is 19.6 Å². The summed E-state index contributed by atoms with van der Waals surface area (Å²) in [7, 11) is -3.84. The predicted molar refractivity (Wildman–Crippen MR) is 96.0 cm³/mol. The number of hydrogen-bond donors (Lipinski definition) is 1. The lowest BCUT2D eigenvalue weighted by Gasteiger charge is -2.31. The average molecular weight is 377 g/mol. The summed E-state index contributed by atoms with van der Waals surface area (Å²) in [5.41, 5.74) is 0.981. The number of nitrogens with zero attached hydrogens (tertiary/aromatic N) is 2. The number of para-hydroxylation sites is 2. The number of rotatable bonds is 4. The van der Waals surface area contributed by atoms with E-state index < -0.39 is 28.3 Å². The van der Waals surface area contributed by atoms with E-state index in [2.05, 4.69) is 5.32 Å². The maximum Gasteiger partial charge on any atom is 0.248 e. The molecule has 9 heteroatoms. The van der Waals surface area contributed by atoms with Crippen LogP contribution in [0.3, 0.4) is 0 Å². The molecule has 1 aliphatic heterocycles. The van der Waals surface area contributed by atoms with E-state index in [-0.39, 0.29) is 18.1 Å². The smallest absolute Gasteiger partial charge is 0.248 e. The number of halogens is 1. The van der Waals surface area contributed by atoms with Gasteiger partial charge < -0.3 is 5.32 Å². The second-order valence-corrected chi connectivity index (χ2v) is 7.70. The summed E-state index contributed by atoms with van der Waals surface area (Å²) in [4.78, 5) is 25.8. The topological polar surface area (TPSA) is 86.8 Å². The standard InChI is InChI=1S/C17H16FN3O4S/c1-26(24,25)21(13-6-4-5-12(18)9-13)11-17(23)20-10-16(22)19-14-7-2-3-8-15(14)20/h2-9H,10-11H2,1H3,(H,19,22). The van der Waals surface area contributed by atoms with Crippen molar-refractivity contribution < 1.29 is 22.4 Å². The molecule has 0 aromatic heterocycles. The summed E-state index contributed by atoms with van der Waals surface area (Å²) >= 11 is 0. The third-order valence-corrected chi connectivity index (χ3v) is 4.99. The number of carbonyl (C=O) groups is 2. The number of amides is 2. The van der Waals surface area contributed by atoms with E-state index in [1.807, 2.05) is 0 Å². The number of fused-ring (bicyclic) bond motifs is 1. The zero-order valence-electron chi connectivity index (χ0n) is 13.8. The van der Waals surface area contributed by atoms with Crippen molar-refractivity contribution in [1.29, 1.82) is 0 Å². The molecule has 2 amide bonds. The number of carbonyl (C=O) groups excluding carboxylic acids is 2. The van der Waals surface area contributed by atoms with Crippen molar-refractivity contribution in [2.75, 3.05) is 33.9 Å². The lowest BCUT2D eigenvalue weighted by atomic mass is 10.2. The van der Waals surface area contributed by atoms with Crippen LogP contribution < -0.4 is 14.5 Å². The Hall–Kier alpha value is -2.94. The fourth-order valence-electron chi connectivity index (χ4n) is 2.70. The van der Waals surface area contributed by atoms with E-state index in [1.165, 1.54) is 23.1 Å². The Kier molecular flexibility index (Phi) is 4.64. The molecule has 0 fully saturated rings. The van der Waals surface area contributed by atoms with Gasteiger partial charge in [-0.05, 0) is 30.3 Å². The molecule has 1 N–H and O–H groups in total. The number of hydrogen-bond acceptors (Lipinski definition) is 4. The van der Waals surface area contributed by atoms with Gasteiger partial charge in [-0.2, -0.15) is 0 Å². The molecule has 136 valence electrons. The highest BCUT2D eigenvalue weighted by Crippen LogP contribution is 2.29. The highest BCUT2D eigenvalue weighted by atomic mass is 32.2. The van der Waals surface area contributed by atoms with Crippen molar-refractivity contribution in [3.8, 4) is 0 Å². The van der Waals surface area contributed by atoms with Crippen LogP contribution in [-0.4, -0.2) is 39.6 Å². The Labute approximate surface area is 150 Å². The lowest BCUT2D eigenvalue weighted by Crippen LogP contribution is -2.47. The van der Waals surface area contributed by atoms with Crippen LogP contribution in [0.5, 0.6) is 0 Å². The van der Waals surface area contributed by atoms with Gasteiger partial charge in [0.05, 0.1) is 23.3 Å². The molecule has 1 heterocycles. The van der Waals surface area contributed by atoms with Crippen LogP contribution in [0.1, 0.15) is 0 Å². The normalized spacial score (nSPS) is 13.8. The quantitative estimate of drug-likeness (QED) is 0.876. The molecule has 0 saturated heterocycles. The fourth-order valence-corrected chi connectivity index (χ4v) is 3.54. The minimum Gasteiger partial charge on any atom is -0.323 e. The van der Waals surface area contributed by atoms with E-state index in [0.29, 0.717) is 11.4 Å². The first-order valence-corrected chi connectivity index (χ1v) is 9.53. The molecule has 3 rings (SSSR count). The van der Waals surface area contributed by atoms with Crippen LogP contribution >= 0.6 is 0 Å². The van der Waals surface area contributed by atoms with Gasteiger partial charge in [0, 0.05) is 0 Å². The first kappa shape index (κ1) is 17.9. The zero-order chi connectivity index (χ0) is 18.9. The van der Waals surface area contributed by atoms with E-state index >= 15 is 0 Å². The Morgan fingerprint density at radius 1 is 1.23 bits per heavy atom. The van der Waals surface area contributed by atoms with E-state index in [4.69, 9.17) is 0 Å². The predicted octanol–water partition coefficient (Wildman–Crippen LogP) is 1.58. The van der Waals surface area contributed by atoms with Crippen molar-refractivity contribution in [2.45, 2.75) is 0 Å². The van der Waals surface area contributed by atoms with Crippen molar-refractivity contribution in [1.82, 2.24) is 0 Å². The van der Waals surface area contributed by atoms with Crippen LogP contribution in [0, 0.1) is 5.82 Å². The van der Waals surface area contributed by atoms with Gasteiger partial charge in [-0.15, -0.1) is 0 Å². The SMILES string of the molecule is CS(=O)(=O)N(CC(=O)N1CC(=O)Nc2ccccc21)c1cccc(F)c1. The van der Waals surface area contributed by atoms with E-state index in [9.17, 15) is 22.4 Å². The highest BCUT2D eigenvalue weighted by molar-refractivity contribution is 7.92. The largest absolute Gasteiger partial charge is 0.323 e. The highest BCUT2D eigenvalue weighted by Gasteiger charge is 2.30. The van der Waals surface area contributed by atoms with Crippen molar-refractivity contribution in [2.24, 2.45) is 0 Å². The molecular formula is C17H16FN3O4S. The number of benzene rings is 2. The van der Waals surface area contributed by atoms with Gasteiger partial charge in [0.25, 0.3) is 0 Å². The third-order valence-electron chi connectivity index (χ3n) is 3.85. The van der Waals surface area contributed by atoms with Gasteiger partial charge in [0.15, 0.2) is 0 Å². The molecule has 0 unspecified atom stereocenters. The second-order valence-electron chi connectivity index (χ2n) is 5.79. The monoisotopic (exact) mass is 377 g/mol. The van der Waals surface area contributed by atoms with Crippen molar-refractivity contribution in [3.05, 3.63) is 54.3 Å². The van der Waals surface area contributed by atoms with Gasteiger partial charge in [-0.25, -0.2) is 12.8 Å². The number of nitrogens with one attached hydrogen (secondary N) is 1. The first-order valence-electron chi connectivity index (χ1n) is 7.68. The Bertz CT molecular complexity index is 977. The molecule has 0 aliphatic carbocycles. The number of sulfonamides is 1. The van der Waals surface area contributed by atoms with Crippen LogP contribution in [0.4, 0.5) is 21.5 Å².